The van der Waals surface area contributed by atoms with Crippen molar-refractivity contribution < 1.29 is 14.3 Å². The zero-order chi connectivity index (χ0) is 16.2. The average Bonchev–Trinajstić information content (AvgIpc) is 3.23. The average molecular weight is 333 g/mol. The van der Waals surface area contributed by atoms with E-state index in [9.17, 15) is 4.79 Å². The van der Waals surface area contributed by atoms with Crippen LogP contribution >= 0.6 is 11.3 Å². The first-order chi connectivity index (χ1) is 11.2. The molecule has 23 heavy (non-hydrogen) atoms. The molecule has 2 heterocycles. The number of nitrogens with zero attached hydrogens (tertiary/aromatic N) is 2. The third kappa shape index (κ3) is 3.62. The molecule has 0 spiro atoms. The molecular formula is C16H19N3O3S. The van der Waals surface area contributed by atoms with Crippen molar-refractivity contribution in [2.75, 3.05) is 20.2 Å². The Kier molecular flexibility index (Phi) is 4.78. The second-order valence-corrected chi connectivity index (χ2v) is 6.15. The highest BCUT2D eigenvalue weighted by atomic mass is 32.1. The van der Waals surface area contributed by atoms with Gasteiger partial charge >= 0.3 is 0 Å². The molecule has 1 amide bonds. The number of amides is 1. The standard InChI is InChI=1S/C16H19N3O3S/c1-21-15-6-11(16(20)19-5-4-12(17)7-19)2-3-14(15)22-8-13-9-23-10-18-13/h2-3,6,9-10,12H,4-5,7-8,17H2,1H3/t12-/m0/s1. The Morgan fingerprint density at radius 1 is 1.48 bits per heavy atom. The summed E-state index contributed by atoms with van der Waals surface area (Å²) in [6.07, 6.45) is 0.845. The quantitative estimate of drug-likeness (QED) is 0.904. The van der Waals surface area contributed by atoms with Crippen LogP contribution in [0.25, 0.3) is 0 Å². The minimum atomic E-state index is -0.0256. The van der Waals surface area contributed by atoms with Crippen LogP contribution in [0, 0.1) is 0 Å². The molecule has 2 aromatic rings. The summed E-state index contributed by atoms with van der Waals surface area (Å²) < 4.78 is 11.1. The van der Waals surface area contributed by atoms with E-state index in [-0.39, 0.29) is 11.9 Å². The number of nitrogens with two attached hydrogens (primary N) is 1. The fraction of sp³-hybridized carbons (Fsp3) is 0.375. The van der Waals surface area contributed by atoms with E-state index in [2.05, 4.69) is 4.98 Å². The Labute approximate surface area is 138 Å². The number of thiazole rings is 1. The van der Waals surface area contributed by atoms with Crippen LogP contribution in [0.2, 0.25) is 0 Å². The van der Waals surface area contributed by atoms with E-state index in [1.165, 1.54) is 11.3 Å². The topological polar surface area (TPSA) is 77.7 Å². The van der Waals surface area contributed by atoms with Crippen LogP contribution in [-0.2, 0) is 6.61 Å². The molecule has 0 saturated carbocycles. The van der Waals surface area contributed by atoms with E-state index in [1.807, 2.05) is 5.38 Å². The molecule has 1 fully saturated rings. The Hall–Kier alpha value is -2.12. The van der Waals surface area contributed by atoms with Crippen molar-refractivity contribution in [3.8, 4) is 11.5 Å². The second-order valence-electron chi connectivity index (χ2n) is 5.43. The van der Waals surface area contributed by atoms with E-state index in [0.717, 1.165) is 12.1 Å². The largest absolute Gasteiger partial charge is 0.493 e. The van der Waals surface area contributed by atoms with Gasteiger partial charge in [-0.25, -0.2) is 4.98 Å². The zero-order valence-electron chi connectivity index (χ0n) is 12.9. The number of methoxy groups -OCH3 is 1. The highest BCUT2D eigenvalue weighted by Gasteiger charge is 2.25. The van der Waals surface area contributed by atoms with Crippen molar-refractivity contribution in [2.24, 2.45) is 5.73 Å². The summed E-state index contributed by atoms with van der Waals surface area (Å²) in [6.45, 7) is 1.67. The predicted octanol–water partition coefficient (Wildman–Crippen LogP) is 1.90. The van der Waals surface area contributed by atoms with Crippen molar-refractivity contribution in [1.82, 2.24) is 9.88 Å². The molecule has 1 aliphatic rings. The Morgan fingerprint density at radius 2 is 2.35 bits per heavy atom. The van der Waals surface area contributed by atoms with Gasteiger partial charge in [0.25, 0.3) is 5.91 Å². The summed E-state index contributed by atoms with van der Waals surface area (Å²) in [7, 11) is 1.56. The second kappa shape index (κ2) is 6.97. The van der Waals surface area contributed by atoms with Gasteiger partial charge in [0.15, 0.2) is 11.5 Å². The molecular weight excluding hydrogens is 314 g/mol. The zero-order valence-corrected chi connectivity index (χ0v) is 13.7. The van der Waals surface area contributed by atoms with E-state index >= 15 is 0 Å². The lowest BCUT2D eigenvalue weighted by molar-refractivity contribution is 0.0790. The number of likely N-dealkylation sites (tertiary alicyclic amines) is 1. The lowest BCUT2D eigenvalue weighted by atomic mass is 10.1. The van der Waals surface area contributed by atoms with Crippen molar-refractivity contribution >= 4 is 17.2 Å². The highest BCUT2D eigenvalue weighted by Crippen LogP contribution is 2.29. The lowest BCUT2D eigenvalue weighted by Gasteiger charge is -2.17. The molecule has 0 bridgehead atoms. The monoisotopic (exact) mass is 333 g/mol. The van der Waals surface area contributed by atoms with Gasteiger partial charge < -0.3 is 20.1 Å². The molecule has 1 aromatic carbocycles. The Morgan fingerprint density at radius 3 is 3.00 bits per heavy atom. The van der Waals surface area contributed by atoms with Crippen LogP contribution in [0.15, 0.2) is 29.1 Å². The fourth-order valence-electron chi connectivity index (χ4n) is 2.53. The third-order valence-corrected chi connectivity index (χ3v) is 4.42. The van der Waals surface area contributed by atoms with Crippen LogP contribution in [0.4, 0.5) is 0 Å². The SMILES string of the molecule is COc1cc(C(=O)N2CC[C@H](N)C2)ccc1OCc1cscn1. The van der Waals surface area contributed by atoms with Crippen LogP contribution < -0.4 is 15.2 Å². The maximum atomic E-state index is 12.5. The maximum absolute atomic E-state index is 12.5. The normalized spacial score (nSPS) is 17.3. The minimum absolute atomic E-state index is 0.0256. The van der Waals surface area contributed by atoms with Crippen molar-refractivity contribution in [3.63, 3.8) is 0 Å². The van der Waals surface area contributed by atoms with Crippen molar-refractivity contribution in [3.05, 3.63) is 40.3 Å². The number of benzene rings is 1. The van der Waals surface area contributed by atoms with Gasteiger partial charge in [0.1, 0.15) is 6.61 Å². The van der Waals surface area contributed by atoms with Crippen LogP contribution in [-0.4, -0.2) is 42.0 Å². The molecule has 3 rings (SSSR count). The van der Waals surface area contributed by atoms with Gasteiger partial charge in [-0.2, -0.15) is 0 Å². The van der Waals surface area contributed by atoms with Crippen molar-refractivity contribution in [1.29, 1.82) is 0 Å². The number of carbonyl (C=O) groups excluding carboxylic acids is 1. The van der Waals surface area contributed by atoms with Gasteiger partial charge in [0.2, 0.25) is 0 Å². The predicted molar refractivity (Wildman–Crippen MR) is 87.9 cm³/mol. The van der Waals surface area contributed by atoms with Gasteiger partial charge in [-0.1, -0.05) is 0 Å². The maximum Gasteiger partial charge on any atom is 0.254 e. The van der Waals surface area contributed by atoms with Gasteiger partial charge in [0, 0.05) is 30.1 Å². The van der Waals surface area contributed by atoms with E-state index in [0.29, 0.717) is 36.8 Å². The first-order valence-electron chi connectivity index (χ1n) is 7.40. The molecule has 1 aromatic heterocycles. The number of carbonyl (C=O) groups is 1. The van der Waals surface area contributed by atoms with Crippen molar-refractivity contribution in [2.45, 2.75) is 19.1 Å². The highest BCUT2D eigenvalue weighted by molar-refractivity contribution is 7.07. The van der Waals surface area contributed by atoms with Crippen LogP contribution in [0.3, 0.4) is 0 Å². The summed E-state index contributed by atoms with van der Waals surface area (Å²) in [5.41, 5.74) is 9.07. The van der Waals surface area contributed by atoms with Gasteiger partial charge in [-0.05, 0) is 24.6 Å². The summed E-state index contributed by atoms with van der Waals surface area (Å²) in [6, 6.07) is 5.30. The van der Waals surface area contributed by atoms with E-state index < -0.39 is 0 Å². The number of aromatic nitrogens is 1. The molecule has 122 valence electrons. The third-order valence-electron chi connectivity index (χ3n) is 3.78. The number of ether oxygens (including phenoxy) is 2. The molecule has 0 aliphatic carbocycles. The molecule has 1 atom stereocenters. The fourth-order valence-corrected chi connectivity index (χ4v) is 3.08. The molecule has 1 saturated heterocycles. The molecule has 7 heteroatoms. The molecule has 1 aliphatic heterocycles. The number of rotatable bonds is 5. The summed E-state index contributed by atoms with van der Waals surface area (Å²) in [4.78, 5) is 18.4. The number of hydrogen-bond donors (Lipinski definition) is 1. The van der Waals surface area contributed by atoms with Crippen LogP contribution in [0.5, 0.6) is 11.5 Å². The Bertz CT molecular complexity index is 675. The minimum Gasteiger partial charge on any atom is -0.493 e. The van der Waals surface area contributed by atoms with Crippen LogP contribution in [0.1, 0.15) is 22.5 Å². The molecule has 2 N–H and O–H groups in total. The molecule has 0 unspecified atom stereocenters. The summed E-state index contributed by atoms with van der Waals surface area (Å²) >= 11 is 1.52. The Balaban J connectivity index is 1.72. The van der Waals surface area contributed by atoms with Gasteiger partial charge in [0.05, 0.1) is 18.3 Å². The summed E-state index contributed by atoms with van der Waals surface area (Å²) in [5, 5.41) is 1.93. The smallest absolute Gasteiger partial charge is 0.254 e. The van der Waals surface area contributed by atoms with E-state index in [1.54, 1.807) is 35.7 Å². The first-order valence-corrected chi connectivity index (χ1v) is 8.34. The summed E-state index contributed by atoms with van der Waals surface area (Å²) in [5.74, 6) is 1.10. The van der Waals surface area contributed by atoms with Gasteiger partial charge in [-0.3, -0.25) is 4.79 Å². The van der Waals surface area contributed by atoms with Gasteiger partial charge in [-0.15, -0.1) is 11.3 Å². The number of hydrogen-bond acceptors (Lipinski definition) is 6. The lowest BCUT2D eigenvalue weighted by Crippen LogP contribution is -2.31. The molecule has 0 radical (unpaired) electrons. The molecule has 6 nitrogen and oxygen atoms in total. The first kappa shape index (κ1) is 15.8. The van der Waals surface area contributed by atoms with E-state index in [4.69, 9.17) is 15.2 Å².